The van der Waals surface area contributed by atoms with Crippen molar-refractivity contribution in [2.24, 2.45) is 0 Å². The first kappa shape index (κ1) is 18.8. The fourth-order valence-electron chi connectivity index (χ4n) is 2.33. The minimum atomic E-state index is -1.26. The largest absolute Gasteiger partial charge is 0.489 e. The normalized spacial score (nSPS) is 15.6. The van der Waals surface area contributed by atoms with E-state index in [2.05, 4.69) is 5.32 Å². The molecule has 0 saturated carbocycles. The molecule has 140 valence electrons. The zero-order chi connectivity index (χ0) is 19.4. The highest BCUT2D eigenvalue weighted by Gasteiger charge is 2.38. The number of halogens is 1. The van der Waals surface area contributed by atoms with E-state index in [4.69, 9.17) is 25.8 Å². The van der Waals surface area contributed by atoms with Crippen LogP contribution in [0.25, 0.3) is 0 Å². The molecule has 1 aliphatic rings. The molecule has 1 fully saturated rings. The van der Waals surface area contributed by atoms with Gasteiger partial charge in [0.15, 0.2) is 5.57 Å². The second kappa shape index (κ2) is 7.72. The highest BCUT2D eigenvalue weighted by atomic mass is 35.5. The zero-order valence-corrected chi connectivity index (χ0v) is 15.6. The average Bonchev–Trinajstić information content (AvgIpc) is 2.60. The van der Waals surface area contributed by atoms with E-state index in [0.29, 0.717) is 23.1 Å². The molecule has 0 atom stereocenters. The molecule has 0 aromatic heterocycles. The lowest BCUT2D eigenvalue weighted by Crippen LogP contribution is -2.42. The topological polar surface area (TPSA) is 73.9 Å². The van der Waals surface area contributed by atoms with Gasteiger partial charge < -0.3 is 19.5 Å². The number of hydrogen-bond donors (Lipinski definition) is 1. The Bertz CT molecular complexity index is 850. The van der Waals surface area contributed by atoms with Crippen molar-refractivity contribution < 1.29 is 23.8 Å². The molecule has 1 N–H and O–H groups in total. The van der Waals surface area contributed by atoms with E-state index in [1.54, 1.807) is 24.3 Å². The van der Waals surface area contributed by atoms with Crippen LogP contribution in [-0.2, 0) is 25.7 Å². The number of anilines is 1. The molecule has 0 unspecified atom stereocenters. The Balaban J connectivity index is 1.58. The van der Waals surface area contributed by atoms with Crippen LogP contribution in [0.4, 0.5) is 5.69 Å². The number of cyclic esters (lactones) is 2. The summed E-state index contributed by atoms with van der Waals surface area (Å²) in [5.74, 6) is -2.03. The van der Waals surface area contributed by atoms with Crippen LogP contribution < -0.4 is 10.1 Å². The monoisotopic (exact) mass is 387 g/mol. The lowest BCUT2D eigenvalue weighted by Gasteiger charge is -2.29. The Hall–Kier alpha value is -2.99. The average molecular weight is 388 g/mol. The van der Waals surface area contributed by atoms with Crippen molar-refractivity contribution in [1.82, 2.24) is 0 Å². The number of rotatable bonds is 5. The van der Waals surface area contributed by atoms with Crippen LogP contribution in [0.3, 0.4) is 0 Å². The van der Waals surface area contributed by atoms with Gasteiger partial charge in [0.1, 0.15) is 12.4 Å². The van der Waals surface area contributed by atoms with Crippen molar-refractivity contribution in [3.63, 3.8) is 0 Å². The third-order valence-corrected chi connectivity index (χ3v) is 3.93. The van der Waals surface area contributed by atoms with Gasteiger partial charge in [-0.15, -0.1) is 0 Å². The van der Waals surface area contributed by atoms with Crippen molar-refractivity contribution in [2.75, 3.05) is 5.32 Å². The van der Waals surface area contributed by atoms with Gasteiger partial charge in [-0.1, -0.05) is 23.7 Å². The molecular weight excluding hydrogens is 370 g/mol. The summed E-state index contributed by atoms with van der Waals surface area (Å²) in [6.45, 7) is 3.41. The maximum atomic E-state index is 11.9. The van der Waals surface area contributed by atoms with Crippen LogP contribution in [0.1, 0.15) is 19.4 Å². The quantitative estimate of drug-likeness (QED) is 0.474. The van der Waals surface area contributed by atoms with Crippen LogP contribution in [0, 0.1) is 0 Å². The van der Waals surface area contributed by atoms with Crippen LogP contribution in [0.2, 0.25) is 5.02 Å². The first-order valence-electron chi connectivity index (χ1n) is 8.23. The van der Waals surface area contributed by atoms with Gasteiger partial charge in [0.25, 0.3) is 5.79 Å². The maximum Gasteiger partial charge on any atom is 0.350 e. The SMILES string of the molecule is CC1(C)OC(=O)C(=CNc2ccc(OCc3ccc(Cl)cc3)cc2)C(=O)O1. The number of hydrogen-bond acceptors (Lipinski definition) is 6. The predicted octanol–water partition coefficient (Wildman–Crippen LogP) is 4.05. The molecule has 0 amide bonds. The predicted molar refractivity (Wildman–Crippen MR) is 100 cm³/mol. The van der Waals surface area contributed by atoms with Gasteiger partial charge in [-0.2, -0.15) is 0 Å². The van der Waals surface area contributed by atoms with Gasteiger partial charge >= 0.3 is 11.9 Å². The van der Waals surface area contributed by atoms with Crippen LogP contribution in [0.5, 0.6) is 5.75 Å². The molecule has 6 nitrogen and oxygen atoms in total. The van der Waals surface area contributed by atoms with E-state index in [1.165, 1.54) is 20.0 Å². The van der Waals surface area contributed by atoms with Crippen molar-refractivity contribution in [2.45, 2.75) is 26.2 Å². The number of benzene rings is 2. The van der Waals surface area contributed by atoms with Gasteiger partial charge in [0.2, 0.25) is 0 Å². The fourth-order valence-corrected chi connectivity index (χ4v) is 2.45. The zero-order valence-electron chi connectivity index (χ0n) is 14.8. The van der Waals surface area contributed by atoms with E-state index in [-0.39, 0.29) is 5.57 Å². The van der Waals surface area contributed by atoms with E-state index < -0.39 is 17.7 Å². The van der Waals surface area contributed by atoms with Crippen molar-refractivity contribution in [1.29, 1.82) is 0 Å². The molecule has 1 heterocycles. The van der Waals surface area contributed by atoms with Crippen LogP contribution >= 0.6 is 11.6 Å². The van der Waals surface area contributed by atoms with Crippen molar-refractivity contribution >= 4 is 29.2 Å². The molecule has 27 heavy (non-hydrogen) atoms. The third-order valence-electron chi connectivity index (χ3n) is 3.67. The summed E-state index contributed by atoms with van der Waals surface area (Å²) in [4.78, 5) is 23.8. The molecule has 0 radical (unpaired) electrons. The van der Waals surface area contributed by atoms with Crippen LogP contribution in [-0.4, -0.2) is 17.7 Å². The first-order valence-corrected chi connectivity index (χ1v) is 8.61. The van der Waals surface area contributed by atoms with Crippen molar-refractivity contribution in [3.8, 4) is 5.75 Å². The molecule has 1 saturated heterocycles. The van der Waals surface area contributed by atoms with E-state index in [1.807, 2.05) is 24.3 Å². The molecule has 0 spiro atoms. The molecule has 2 aromatic carbocycles. The van der Waals surface area contributed by atoms with Gasteiger partial charge in [-0.05, 0) is 42.0 Å². The standard InChI is InChI=1S/C20H18ClNO5/c1-20(2)26-18(23)17(19(24)27-20)11-22-15-7-9-16(10-8-15)25-12-13-3-5-14(21)6-4-13/h3-11,22H,12H2,1-2H3. The lowest BCUT2D eigenvalue weighted by atomic mass is 10.2. The highest BCUT2D eigenvalue weighted by Crippen LogP contribution is 2.23. The Labute approximate surface area is 161 Å². The maximum absolute atomic E-state index is 11.9. The molecule has 0 aliphatic carbocycles. The summed E-state index contributed by atoms with van der Waals surface area (Å²) in [6, 6.07) is 14.5. The molecule has 2 aromatic rings. The fraction of sp³-hybridized carbons (Fsp3) is 0.200. The Morgan fingerprint density at radius 1 is 1.00 bits per heavy atom. The highest BCUT2D eigenvalue weighted by molar-refractivity contribution is 6.30. The first-order chi connectivity index (χ1) is 12.8. The number of ether oxygens (including phenoxy) is 3. The second-order valence-electron chi connectivity index (χ2n) is 6.32. The Morgan fingerprint density at radius 2 is 1.59 bits per heavy atom. The minimum Gasteiger partial charge on any atom is -0.489 e. The second-order valence-corrected chi connectivity index (χ2v) is 6.76. The number of esters is 2. The summed E-state index contributed by atoms with van der Waals surface area (Å²) in [6.07, 6.45) is 1.27. The van der Waals surface area contributed by atoms with Gasteiger partial charge in [-0.25, -0.2) is 9.59 Å². The van der Waals surface area contributed by atoms with E-state index >= 15 is 0 Å². The van der Waals surface area contributed by atoms with E-state index in [9.17, 15) is 9.59 Å². The molecular formula is C20H18ClNO5. The lowest BCUT2D eigenvalue weighted by molar-refractivity contribution is -0.222. The molecule has 3 rings (SSSR count). The third kappa shape index (κ3) is 5.01. The minimum absolute atomic E-state index is 0.197. The molecule has 7 heteroatoms. The van der Waals surface area contributed by atoms with Gasteiger partial charge in [-0.3, -0.25) is 0 Å². The van der Waals surface area contributed by atoms with Gasteiger partial charge in [0, 0.05) is 30.8 Å². The summed E-state index contributed by atoms with van der Waals surface area (Å²) in [5, 5.41) is 3.55. The van der Waals surface area contributed by atoms with Gasteiger partial charge in [0.05, 0.1) is 0 Å². The Morgan fingerprint density at radius 3 is 2.19 bits per heavy atom. The number of nitrogens with one attached hydrogen (secondary N) is 1. The van der Waals surface area contributed by atoms with Crippen LogP contribution in [0.15, 0.2) is 60.3 Å². The molecule has 1 aliphatic heterocycles. The summed E-state index contributed by atoms with van der Waals surface area (Å²) in [5.41, 5.74) is 1.48. The summed E-state index contributed by atoms with van der Waals surface area (Å²) < 4.78 is 15.8. The molecule has 0 bridgehead atoms. The van der Waals surface area contributed by atoms with E-state index in [0.717, 1.165) is 5.56 Å². The van der Waals surface area contributed by atoms with Crippen molar-refractivity contribution in [3.05, 3.63) is 70.9 Å². The Kier molecular flexibility index (Phi) is 5.37. The number of carbonyl (C=O) groups is 2. The smallest absolute Gasteiger partial charge is 0.350 e. The summed E-state index contributed by atoms with van der Waals surface area (Å²) in [7, 11) is 0. The number of carbonyl (C=O) groups excluding carboxylic acids is 2. The summed E-state index contributed by atoms with van der Waals surface area (Å²) >= 11 is 5.85.